The molecule has 39 heavy (non-hydrogen) atoms. The monoisotopic (exact) mass is 546 g/mol. The molecule has 5 rings (SSSR count). The van der Waals surface area contributed by atoms with Crippen LogP contribution in [0.5, 0.6) is 5.88 Å². The number of rotatable bonds is 8. The predicted octanol–water partition coefficient (Wildman–Crippen LogP) is 5.31. The Morgan fingerprint density at radius 2 is 1.92 bits per heavy atom. The number of hydrogen-bond acceptors (Lipinski definition) is 6. The van der Waals surface area contributed by atoms with Crippen LogP contribution in [0, 0.1) is 5.92 Å². The highest BCUT2D eigenvalue weighted by Gasteiger charge is 2.34. The number of piperidine rings is 1. The van der Waals surface area contributed by atoms with E-state index >= 15 is 0 Å². The molecule has 3 heterocycles. The van der Waals surface area contributed by atoms with E-state index in [4.69, 9.17) is 21.4 Å². The van der Waals surface area contributed by atoms with Crippen molar-refractivity contribution in [2.24, 2.45) is 5.92 Å². The predicted molar refractivity (Wildman–Crippen MR) is 149 cm³/mol. The van der Waals surface area contributed by atoms with Gasteiger partial charge in [-0.2, -0.15) is 0 Å². The van der Waals surface area contributed by atoms with Crippen LogP contribution in [0.1, 0.15) is 43.2 Å². The van der Waals surface area contributed by atoms with E-state index in [0.29, 0.717) is 35.1 Å². The Labute approximate surface area is 232 Å². The average molecular weight is 547 g/mol. The lowest BCUT2D eigenvalue weighted by Crippen LogP contribution is -2.42. The third-order valence-corrected chi connectivity index (χ3v) is 7.83. The van der Waals surface area contributed by atoms with Crippen LogP contribution in [0.2, 0.25) is 5.02 Å². The second-order valence-corrected chi connectivity index (χ2v) is 10.6. The summed E-state index contributed by atoms with van der Waals surface area (Å²) >= 11 is 6.01. The zero-order valence-electron chi connectivity index (χ0n) is 21.6. The Bertz CT molecular complexity index is 1370. The van der Waals surface area contributed by atoms with Crippen molar-refractivity contribution in [1.82, 2.24) is 9.88 Å². The van der Waals surface area contributed by atoms with Crippen LogP contribution in [0.3, 0.4) is 0 Å². The summed E-state index contributed by atoms with van der Waals surface area (Å²) in [5, 5.41) is 20.9. The standard InChI is InChI=1S/C31H31ClN2O5/c32-23-10-8-22(9-11-23)31(38)14-18-34(19-15-31)17-3-4-21-20-26-25(27(35)12-13-29(36)37)5-1-7-28(26)39-30-24(21)6-2-16-33-30/h1-2,4-11,16,20,25,38H,3,12-15,17-19H2,(H,36,37). The number of carboxylic acids is 1. The highest BCUT2D eigenvalue weighted by atomic mass is 35.5. The molecule has 1 saturated heterocycles. The van der Waals surface area contributed by atoms with Gasteiger partial charge >= 0.3 is 5.97 Å². The summed E-state index contributed by atoms with van der Waals surface area (Å²) in [7, 11) is 0. The maximum atomic E-state index is 12.9. The Morgan fingerprint density at radius 1 is 1.15 bits per heavy atom. The summed E-state index contributed by atoms with van der Waals surface area (Å²) in [5.41, 5.74) is 2.53. The topological polar surface area (TPSA) is 100.0 Å². The minimum absolute atomic E-state index is 0.0451. The molecule has 1 aromatic carbocycles. The van der Waals surface area contributed by atoms with Gasteiger partial charge in [0.1, 0.15) is 11.5 Å². The second-order valence-electron chi connectivity index (χ2n) is 10.1. The van der Waals surface area contributed by atoms with Crippen LogP contribution >= 0.6 is 11.6 Å². The molecule has 0 bridgehead atoms. The van der Waals surface area contributed by atoms with Crippen LogP contribution in [-0.4, -0.2) is 51.5 Å². The number of nitrogens with zero attached hydrogens (tertiary/aromatic N) is 2. The Morgan fingerprint density at radius 3 is 2.67 bits per heavy atom. The first-order chi connectivity index (χ1) is 18.8. The van der Waals surface area contributed by atoms with Gasteiger partial charge < -0.3 is 19.8 Å². The highest BCUT2D eigenvalue weighted by molar-refractivity contribution is 6.30. The Hall–Kier alpha value is -3.52. The number of aliphatic hydroxyl groups is 1. The van der Waals surface area contributed by atoms with E-state index in [-0.39, 0.29) is 18.6 Å². The van der Waals surface area contributed by atoms with E-state index in [9.17, 15) is 14.7 Å². The van der Waals surface area contributed by atoms with Crippen LogP contribution in [-0.2, 0) is 15.2 Å². The van der Waals surface area contributed by atoms with Crippen molar-refractivity contribution < 1.29 is 24.5 Å². The second kappa shape index (κ2) is 11.7. The van der Waals surface area contributed by atoms with Crippen molar-refractivity contribution in [2.75, 3.05) is 19.6 Å². The van der Waals surface area contributed by atoms with Crippen molar-refractivity contribution >= 4 is 28.9 Å². The van der Waals surface area contributed by atoms with Crippen molar-refractivity contribution in [3.8, 4) is 5.88 Å². The minimum Gasteiger partial charge on any atom is -0.481 e. The summed E-state index contributed by atoms with van der Waals surface area (Å²) < 4.78 is 6.14. The van der Waals surface area contributed by atoms with Gasteiger partial charge in [0, 0.05) is 48.4 Å². The lowest BCUT2D eigenvalue weighted by atomic mass is 9.84. The normalized spacial score (nSPS) is 21.2. The fourth-order valence-electron chi connectivity index (χ4n) is 5.34. The number of aliphatic carboxylic acids is 1. The lowest BCUT2D eigenvalue weighted by molar-refractivity contribution is -0.138. The number of aromatic nitrogens is 1. The van der Waals surface area contributed by atoms with Gasteiger partial charge in [-0.25, -0.2) is 4.98 Å². The SMILES string of the molecule is O=C(O)CCC(=O)C1C=CC=C2Oc3ncccc3C(=CCCN3CCC(O)(c4ccc(Cl)cc4)CC3)C=C21. The zero-order chi connectivity index (χ0) is 27.4. The molecular formula is C31H31ClN2O5. The van der Waals surface area contributed by atoms with E-state index < -0.39 is 17.5 Å². The molecule has 0 saturated carbocycles. The van der Waals surface area contributed by atoms with E-state index in [1.807, 2.05) is 48.6 Å². The summed E-state index contributed by atoms with van der Waals surface area (Å²) in [6.45, 7) is 2.38. The van der Waals surface area contributed by atoms with Crippen molar-refractivity contribution in [3.05, 3.63) is 100 Å². The number of likely N-dealkylation sites (tertiary alicyclic amines) is 1. The van der Waals surface area contributed by atoms with Gasteiger partial charge in [0.2, 0.25) is 5.88 Å². The van der Waals surface area contributed by atoms with Gasteiger partial charge in [0.25, 0.3) is 0 Å². The highest BCUT2D eigenvalue weighted by Crippen LogP contribution is 2.39. The number of carbonyl (C=O) groups excluding carboxylic acids is 1. The summed E-state index contributed by atoms with van der Waals surface area (Å²) in [6, 6.07) is 11.2. The number of pyridine rings is 1. The van der Waals surface area contributed by atoms with Crippen molar-refractivity contribution in [1.29, 1.82) is 0 Å². The molecule has 8 heteroatoms. The van der Waals surface area contributed by atoms with Crippen LogP contribution < -0.4 is 4.74 Å². The molecule has 7 nitrogen and oxygen atoms in total. The molecule has 1 atom stereocenters. The summed E-state index contributed by atoms with van der Waals surface area (Å²) in [4.78, 5) is 30.7. The molecule has 3 aliphatic rings. The van der Waals surface area contributed by atoms with Gasteiger partial charge in [0.05, 0.1) is 17.9 Å². The number of benzene rings is 1. The molecule has 2 aromatic rings. The first kappa shape index (κ1) is 27.1. The van der Waals surface area contributed by atoms with Gasteiger partial charge in [-0.05, 0) is 66.8 Å². The van der Waals surface area contributed by atoms with Crippen molar-refractivity contribution in [3.63, 3.8) is 0 Å². The molecule has 202 valence electrons. The molecule has 2 aliphatic heterocycles. The fourth-order valence-corrected chi connectivity index (χ4v) is 5.46. The molecule has 0 amide bonds. The first-order valence-corrected chi connectivity index (χ1v) is 13.6. The molecule has 2 N–H and O–H groups in total. The Kier molecular flexibility index (Phi) is 8.12. The van der Waals surface area contributed by atoms with E-state index in [1.54, 1.807) is 18.3 Å². The Balaban J connectivity index is 1.31. The summed E-state index contributed by atoms with van der Waals surface area (Å²) in [6.07, 6.45) is 13.0. The summed E-state index contributed by atoms with van der Waals surface area (Å²) in [5.74, 6) is -0.707. The first-order valence-electron chi connectivity index (χ1n) is 13.2. The number of carboxylic acid groups (broad SMARTS) is 1. The van der Waals surface area contributed by atoms with E-state index in [1.165, 1.54) is 0 Å². The molecular weight excluding hydrogens is 516 g/mol. The van der Waals surface area contributed by atoms with Crippen molar-refractivity contribution in [2.45, 2.75) is 37.7 Å². The third-order valence-electron chi connectivity index (χ3n) is 7.58. The fraction of sp³-hybridized carbons (Fsp3) is 0.323. The molecule has 1 fully saturated rings. The lowest BCUT2D eigenvalue weighted by Gasteiger charge is -2.38. The van der Waals surface area contributed by atoms with Crippen LogP contribution in [0.25, 0.3) is 5.57 Å². The molecule has 0 spiro atoms. The van der Waals surface area contributed by atoms with Crippen LogP contribution in [0.4, 0.5) is 0 Å². The number of ketones is 1. The van der Waals surface area contributed by atoms with E-state index in [0.717, 1.165) is 42.8 Å². The number of allylic oxidation sites excluding steroid dienone is 6. The van der Waals surface area contributed by atoms with Gasteiger partial charge in [-0.3, -0.25) is 9.59 Å². The quantitative estimate of drug-likeness (QED) is 0.462. The third kappa shape index (κ3) is 6.22. The number of hydrogen-bond donors (Lipinski definition) is 2. The zero-order valence-corrected chi connectivity index (χ0v) is 22.3. The smallest absolute Gasteiger partial charge is 0.303 e. The maximum absolute atomic E-state index is 12.9. The maximum Gasteiger partial charge on any atom is 0.303 e. The largest absolute Gasteiger partial charge is 0.481 e. The van der Waals surface area contributed by atoms with Crippen LogP contribution in [0.15, 0.2) is 84.3 Å². The number of fused-ring (bicyclic) bond motifs is 2. The molecule has 1 aliphatic carbocycles. The van der Waals surface area contributed by atoms with E-state index in [2.05, 4.69) is 16.0 Å². The molecule has 1 aromatic heterocycles. The number of Topliss-reactive ketones (excluding diaryl/α,β-unsaturated/α-hetero) is 1. The van der Waals surface area contributed by atoms with Gasteiger partial charge in [-0.1, -0.05) is 42.0 Å². The number of halogens is 1. The minimum atomic E-state index is -0.994. The number of ether oxygens (including phenoxy) is 1. The van der Waals surface area contributed by atoms with Gasteiger partial charge in [-0.15, -0.1) is 0 Å². The number of carbonyl (C=O) groups is 2. The average Bonchev–Trinajstić information content (AvgIpc) is 3.09. The van der Waals surface area contributed by atoms with Gasteiger partial charge in [0.15, 0.2) is 0 Å². The molecule has 0 radical (unpaired) electrons. The molecule has 1 unspecified atom stereocenters.